The predicted molar refractivity (Wildman–Crippen MR) is 59.3 cm³/mol. The van der Waals surface area contributed by atoms with Crippen LogP contribution in [0.1, 0.15) is 32.8 Å². The third kappa shape index (κ3) is 2.93. The second kappa shape index (κ2) is 4.19. The minimum Gasteiger partial charge on any atom is -0.493 e. The Morgan fingerprint density at radius 3 is 2.87 bits per heavy atom. The number of halogens is 1. The van der Waals surface area contributed by atoms with E-state index in [1.807, 2.05) is 13.0 Å². The summed E-state index contributed by atoms with van der Waals surface area (Å²) in [6.07, 6.45) is 2.46. The zero-order valence-corrected chi connectivity index (χ0v) is 8.87. The van der Waals surface area contributed by atoms with Crippen LogP contribution in [-0.2, 0) is 0 Å². The summed E-state index contributed by atoms with van der Waals surface area (Å²) in [5, 5.41) is 0. The van der Waals surface area contributed by atoms with E-state index in [9.17, 15) is 4.39 Å². The van der Waals surface area contributed by atoms with Crippen molar-refractivity contribution in [3.8, 4) is 5.75 Å². The van der Waals surface area contributed by atoms with Gasteiger partial charge in [0.15, 0.2) is 0 Å². The van der Waals surface area contributed by atoms with Crippen LogP contribution in [-0.4, -0.2) is 6.61 Å². The van der Waals surface area contributed by atoms with E-state index >= 15 is 0 Å². The molecule has 1 aromatic carbocycles. The Labute approximate surface area is 90.7 Å². The second-order valence-electron chi connectivity index (χ2n) is 4.26. The summed E-state index contributed by atoms with van der Waals surface area (Å²) in [6.45, 7) is 2.53. The van der Waals surface area contributed by atoms with Crippen LogP contribution in [0, 0.1) is 11.7 Å². The van der Waals surface area contributed by atoms with Crippen LogP contribution in [0.3, 0.4) is 0 Å². The maximum absolute atomic E-state index is 13.2. The summed E-state index contributed by atoms with van der Waals surface area (Å²) >= 11 is 0. The topological polar surface area (TPSA) is 35.2 Å². The van der Waals surface area contributed by atoms with E-state index in [0.29, 0.717) is 18.3 Å². The first kappa shape index (κ1) is 10.4. The SMILES string of the molecule is C[C@H](N)c1cc(F)cc(OCC2CC2)c1.[HH]. The largest absolute Gasteiger partial charge is 0.493 e. The minimum absolute atomic E-state index is 0. The minimum atomic E-state index is -0.282. The number of benzene rings is 1. The summed E-state index contributed by atoms with van der Waals surface area (Å²) in [5.74, 6) is 0.983. The molecular formula is C12H18FNO. The highest BCUT2D eigenvalue weighted by Gasteiger charge is 2.22. The predicted octanol–water partition coefficient (Wildman–Crippen LogP) is 2.88. The fourth-order valence-electron chi connectivity index (χ4n) is 1.43. The molecule has 1 aliphatic rings. The lowest BCUT2D eigenvalue weighted by Crippen LogP contribution is -2.06. The Morgan fingerprint density at radius 2 is 2.27 bits per heavy atom. The molecule has 0 amide bonds. The van der Waals surface area contributed by atoms with Gasteiger partial charge in [-0.05, 0) is 43.4 Å². The molecule has 1 saturated carbocycles. The van der Waals surface area contributed by atoms with E-state index in [4.69, 9.17) is 10.5 Å². The van der Waals surface area contributed by atoms with Gasteiger partial charge in [-0.15, -0.1) is 0 Å². The van der Waals surface area contributed by atoms with Crippen molar-refractivity contribution in [3.05, 3.63) is 29.6 Å². The lowest BCUT2D eigenvalue weighted by molar-refractivity contribution is 0.298. The van der Waals surface area contributed by atoms with E-state index in [2.05, 4.69) is 0 Å². The van der Waals surface area contributed by atoms with Gasteiger partial charge in [0, 0.05) is 13.5 Å². The Bertz CT molecular complexity index is 353. The summed E-state index contributed by atoms with van der Waals surface area (Å²) in [5.41, 5.74) is 6.48. The summed E-state index contributed by atoms with van der Waals surface area (Å²) in [6, 6.07) is 4.52. The number of hydrogen-bond donors (Lipinski definition) is 1. The van der Waals surface area contributed by atoms with Gasteiger partial charge in [-0.25, -0.2) is 4.39 Å². The standard InChI is InChI=1S/C12H16FNO.H2/c1-8(14)10-4-11(13)6-12(5-10)15-7-9-2-3-9;/h4-6,8-9H,2-3,7,14H2,1H3;1H/t8-;/m0./s1. The van der Waals surface area contributed by atoms with Crippen molar-refractivity contribution < 1.29 is 10.6 Å². The molecule has 0 aliphatic heterocycles. The van der Waals surface area contributed by atoms with Gasteiger partial charge in [0.2, 0.25) is 0 Å². The molecule has 2 rings (SSSR count). The van der Waals surface area contributed by atoms with Crippen LogP contribution in [0.4, 0.5) is 4.39 Å². The average Bonchev–Trinajstić information content (AvgIpc) is 2.97. The Balaban J connectivity index is 0.00000128. The normalized spacial score (nSPS) is 17.5. The molecule has 1 fully saturated rings. The number of rotatable bonds is 4. The van der Waals surface area contributed by atoms with Crippen LogP contribution in [0.15, 0.2) is 18.2 Å². The molecule has 0 heterocycles. The van der Waals surface area contributed by atoms with Crippen molar-refractivity contribution in [1.29, 1.82) is 0 Å². The van der Waals surface area contributed by atoms with Gasteiger partial charge in [0.1, 0.15) is 11.6 Å². The van der Waals surface area contributed by atoms with Crippen molar-refractivity contribution in [2.24, 2.45) is 11.7 Å². The molecule has 0 bridgehead atoms. The molecule has 84 valence electrons. The van der Waals surface area contributed by atoms with E-state index in [-0.39, 0.29) is 13.3 Å². The Morgan fingerprint density at radius 1 is 1.53 bits per heavy atom. The van der Waals surface area contributed by atoms with Crippen LogP contribution >= 0.6 is 0 Å². The van der Waals surface area contributed by atoms with Crippen LogP contribution in [0.5, 0.6) is 5.75 Å². The highest BCUT2D eigenvalue weighted by Crippen LogP contribution is 2.30. The zero-order valence-electron chi connectivity index (χ0n) is 8.87. The first-order valence-corrected chi connectivity index (χ1v) is 5.34. The number of hydrogen-bond acceptors (Lipinski definition) is 2. The summed E-state index contributed by atoms with van der Waals surface area (Å²) in [7, 11) is 0. The van der Waals surface area contributed by atoms with Crippen LogP contribution < -0.4 is 10.5 Å². The van der Waals surface area contributed by atoms with Gasteiger partial charge < -0.3 is 10.5 Å². The molecule has 1 atom stereocenters. The zero-order chi connectivity index (χ0) is 10.8. The highest BCUT2D eigenvalue weighted by atomic mass is 19.1. The van der Waals surface area contributed by atoms with Gasteiger partial charge in [-0.2, -0.15) is 0 Å². The monoisotopic (exact) mass is 211 g/mol. The van der Waals surface area contributed by atoms with Crippen molar-refractivity contribution in [3.63, 3.8) is 0 Å². The van der Waals surface area contributed by atoms with E-state index in [0.717, 1.165) is 5.56 Å². The van der Waals surface area contributed by atoms with Crippen molar-refractivity contribution >= 4 is 0 Å². The lowest BCUT2D eigenvalue weighted by atomic mass is 10.1. The maximum atomic E-state index is 13.2. The van der Waals surface area contributed by atoms with Gasteiger partial charge in [0.05, 0.1) is 6.61 Å². The van der Waals surface area contributed by atoms with Crippen LogP contribution in [0.2, 0.25) is 0 Å². The van der Waals surface area contributed by atoms with E-state index < -0.39 is 0 Å². The molecule has 3 heteroatoms. The Kier molecular flexibility index (Phi) is 2.91. The van der Waals surface area contributed by atoms with E-state index in [1.165, 1.54) is 25.0 Å². The summed E-state index contributed by atoms with van der Waals surface area (Å²) < 4.78 is 18.7. The van der Waals surface area contributed by atoms with E-state index in [1.54, 1.807) is 0 Å². The van der Waals surface area contributed by atoms with Crippen molar-refractivity contribution in [2.75, 3.05) is 6.61 Å². The molecule has 2 nitrogen and oxygen atoms in total. The van der Waals surface area contributed by atoms with Gasteiger partial charge in [-0.1, -0.05) is 0 Å². The smallest absolute Gasteiger partial charge is 0.127 e. The molecule has 1 aromatic rings. The number of nitrogens with two attached hydrogens (primary N) is 1. The Hall–Kier alpha value is -1.09. The average molecular weight is 211 g/mol. The third-order valence-corrected chi connectivity index (χ3v) is 2.60. The first-order chi connectivity index (χ1) is 7.15. The molecule has 0 spiro atoms. The van der Waals surface area contributed by atoms with Gasteiger partial charge >= 0.3 is 0 Å². The maximum Gasteiger partial charge on any atom is 0.127 e. The fraction of sp³-hybridized carbons (Fsp3) is 0.500. The third-order valence-electron chi connectivity index (χ3n) is 2.60. The van der Waals surface area contributed by atoms with Crippen molar-refractivity contribution in [2.45, 2.75) is 25.8 Å². The molecule has 0 saturated heterocycles. The molecule has 2 N–H and O–H groups in total. The molecular weight excluding hydrogens is 193 g/mol. The van der Waals surface area contributed by atoms with Crippen molar-refractivity contribution in [1.82, 2.24) is 0 Å². The second-order valence-corrected chi connectivity index (χ2v) is 4.26. The first-order valence-electron chi connectivity index (χ1n) is 5.34. The molecule has 15 heavy (non-hydrogen) atoms. The quantitative estimate of drug-likeness (QED) is 0.831. The molecule has 0 aromatic heterocycles. The van der Waals surface area contributed by atoms with Crippen LogP contribution in [0.25, 0.3) is 0 Å². The molecule has 0 radical (unpaired) electrons. The number of ether oxygens (including phenoxy) is 1. The highest BCUT2D eigenvalue weighted by molar-refractivity contribution is 5.31. The molecule has 0 unspecified atom stereocenters. The van der Waals surface area contributed by atoms with Gasteiger partial charge in [-0.3, -0.25) is 0 Å². The lowest BCUT2D eigenvalue weighted by Gasteiger charge is -2.10. The molecule has 1 aliphatic carbocycles. The van der Waals surface area contributed by atoms with Gasteiger partial charge in [0.25, 0.3) is 0 Å². The fourth-order valence-corrected chi connectivity index (χ4v) is 1.43. The summed E-state index contributed by atoms with van der Waals surface area (Å²) in [4.78, 5) is 0.